The number of carbonyl (C=O) groups is 3. The van der Waals surface area contributed by atoms with E-state index in [1.54, 1.807) is 13.8 Å². The van der Waals surface area contributed by atoms with Crippen LogP contribution in [0, 0.1) is 0 Å². The lowest BCUT2D eigenvalue weighted by molar-refractivity contribution is -0.164. The molecule has 0 saturated carbocycles. The number of carboxylic acid groups (broad SMARTS) is 2. The fraction of sp³-hybridized carbons (Fsp3) is 0.750. The molecule has 104 valence electrons. The average molecular weight is 259 g/mol. The van der Waals surface area contributed by atoms with Crippen LogP contribution in [0.4, 0.5) is 0 Å². The predicted octanol–water partition coefficient (Wildman–Crippen LogP) is 1.34. The van der Waals surface area contributed by atoms with Crippen LogP contribution in [0.25, 0.3) is 0 Å². The van der Waals surface area contributed by atoms with E-state index in [-0.39, 0.29) is 25.3 Å². The summed E-state index contributed by atoms with van der Waals surface area (Å²) in [5.74, 6) is -2.80. The van der Waals surface area contributed by atoms with Crippen molar-refractivity contribution in [2.45, 2.75) is 52.0 Å². The number of hydrogen-bond acceptors (Lipinski definition) is 3. The lowest BCUT2D eigenvalue weighted by Crippen LogP contribution is -2.57. The molecular formula is C12H21NO5. The Bertz CT molecular complexity index is 328. The standard InChI is InChI=1S/C12H21NO5/c1-4-7-9(14)13(6-3)12(5-2,11(17)18)8-10(15)16/h4-8H2,1-3H3,(H,15,16)(H,17,18)/t12-/m0/s1. The highest BCUT2D eigenvalue weighted by Gasteiger charge is 2.46. The van der Waals surface area contributed by atoms with Gasteiger partial charge in [0, 0.05) is 13.0 Å². The molecule has 0 unspecified atom stereocenters. The first-order valence-electron chi connectivity index (χ1n) is 6.11. The largest absolute Gasteiger partial charge is 0.481 e. The quantitative estimate of drug-likeness (QED) is 0.686. The smallest absolute Gasteiger partial charge is 0.330 e. The van der Waals surface area contributed by atoms with Crippen molar-refractivity contribution in [3.05, 3.63) is 0 Å². The highest BCUT2D eigenvalue weighted by atomic mass is 16.4. The van der Waals surface area contributed by atoms with Gasteiger partial charge >= 0.3 is 11.9 Å². The van der Waals surface area contributed by atoms with Crippen LogP contribution in [0.2, 0.25) is 0 Å². The molecule has 0 radical (unpaired) electrons. The monoisotopic (exact) mass is 259 g/mol. The SMILES string of the molecule is CCCC(=O)N(CC)[C@@](CC)(CC(=O)O)C(=O)O. The molecule has 6 heteroatoms. The summed E-state index contributed by atoms with van der Waals surface area (Å²) in [6.07, 6.45) is 0.310. The van der Waals surface area contributed by atoms with Crippen molar-refractivity contribution in [2.75, 3.05) is 6.54 Å². The maximum absolute atomic E-state index is 11.9. The third kappa shape index (κ3) is 3.45. The van der Waals surface area contributed by atoms with Gasteiger partial charge in [-0.1, -0.05) is 13.8 Å². The lowest BCUT2D eigenvalue weighted by Gasteiger charge is -2.38. The average Bonchev–Trinajstić information content (AvgIpc) is 2.27. The Kier molecular flexibility index (Phi) is 6.36. The highest BCUT2D eigenvalue weighted by molar-refractivity contribution is 5.90. The van der Waals surface area contributed by atoms with E-state index in [9.17, 15) is 19.5 Å². The zero-order valence-corrected chi connectivity index (χ0v) is 11.1. The van der Waals surface area contributed by atoms with Gasteiger partial charge in [-0.15, -0.1) is 0 Å². The molecule has 0 aromatic heterocycles. The number of nitrogens with zero attached hydrogens (tertiary/aromatic N) is 1. The Balaban J connectivity index is 5.42. The van der Waals surface area contributed by atoms with Crippen molar-refractivity contribution in [3.63, 3.8) is 0 Å². The van der Waals surface area contributed by atoms with Crippen LogP contribution in [-0.2, 0) is 14.4 Å². The number of aliphatic carboxylic acids is 2. The molecule has 0 aliphatic carbocycles. The zero-order chi connectivity index (χ0) is 14.3. The second-order valence-corrected chi connectivity index (χ2v) is 4.15. The van der Waals surface area contributed by atoms with E-state index in [1.807, 2.05) is 6.92 Å². The number of rotatable bonds is 8. The van der Waals surface area contributed by atoms with Crippen molar-refractivity contribution >= 4 is 17.8 Å². The molecule has 6 nitrogen and oxygen atoms in total. The van der Waals surface area contributed by atoms with Gasteiger partial charge in [0.05, 0.1) is 6.42 Å². The molecule has 0 aliphatic heterocycles. The first-order valence-corrected chi connectivity index (χ1v) is 6.11. The molecule has 1 atom stereocenters. The summed E-state index contributed by atoms with van der Waals surface area (Å²) in [5, 5.41) is 18.2. The maximum Gasteiger partial charge on any atom is 0.330 e. The van der Waals surface area contributed by atoms with Crippen LogP contribution >= 0.6 is 0 Å². The Morgan fingerprint density at radius 1 is 1.11 bits per heavy atom. The second-order valence-electron chi connectivity index (χ2n) is 4.15. The highest BCUT2D eigenvalue weighted by Crippen LogP contribution is 2.26. The summed E-state index contributed by atoms with van der Waals surface area (Å²) >= 11 is 0. The van der Waals surface area contributed by atoms with Gasteiger partial charge < -0.3 is 15.1 Å². The predicted molar refractivity (Wildman–Crippen MR) is 65.2 cm³/mol. The minimum atomic E-state index is -1.65. The molecule has 0 bridgehead atoms. The molecule has 0 spiro atoms. The van der Waals surface area contributed by atoms with Crippen LogP contribution in [0.1, 0.15) is 46.5 Å². The fourth-order valence-electron chi connectivity index (χ4n) is 2.07. The Morgan fingerprint density at radius 3 is 1.94 bits per heavy atom. The van der Waals surface area contributed by atoms with E-state index in [2.05, 4.69) is 0 Å². The summed E-state index contributed by atoms with van der Waals surface area (Å²) in [4.78, 5) is 35.4. The van der Waals surface area contributed by atoms with Crippen LogP contribution in [0.3, 0.4) is 0 Å². The Morgan fingerprint density at radius 2 is 1.67 bits per heavy atom. The van der Waals surface area contributed by atoms with Crippen LogP contribution < -0.4 is 0 Å². The van der Waals surface area contributed by atoms with Gasteiger partial charge in [-0.2, -0.15) is 0 Å². The van der Waals surface area contributed by atoms with Crippen LogP contribution in [0.5, 0.6) is 0 Å². The third-order valence-electron chi connectivity index (χ3n) is 3.02. The molecule has 0 aliphatic rings. The molecular weight excluding hydrogens is 238 g/mol. The van der Waals surface area contributed by atoms with E-state index in [4.69, 9.17) is 5.11 Å². The van der Waals surface area contributed by atoms with Crippen molar-refractivity contribution in [1.82, 2.24) is 4.90 Å². The number of amides is 1. The zero-order valence-electron chi connectivity index (χ0n) is 11.1. The van der Waals surface area contributed by atoms with Crippen LogP contribution in [-0.4, -0.2) is 45.0 Å². The first kappa shape index (κ1) is 16.4. The van der Waals surface area contributed by atoms with Gasteiger partial charge in [-0.25, -0.2) is 4.79 Å². The van der Waals surface area contributed by atoms with Crippen molar-refractivity contribution in [2.24, 2.45) is 0 Å². The Hall–Kier alpha value is -1.59. The fourth-order valence-corrected chi connectivity index (χ4v) is 2.07. The van der Waals surface area contributed by atoms with E-state index in [0.29, 0.717) is 6.42 Å². The molecule has 0 fully saturated rings. The van der Waals surface area contributed by atoms with E-state index in [1.165, 1.54) is 4.90 Å². The van der Waals surface area contributed by atoms with Crippen molar-refractivity contribution in [3.8, 4) is 0 Å². The number of likely N-dealkylation sites (N-methyl/N-ethyl adjacent to an activating group) is 1. The van der Waals surface area contributed by atoms with Crippen LogP contribution in [0.15, 0.2) is 0 Å². The minimum absolute atomic E-state index is 0.0674. The Labute approximate surface area is 107 Å². The summed E-state index contributed by atoms with van der Waals surface area (Å²) in [6, 6.07) is 0. The van der Waals surface area contributed by atoms with E-state index >= 15 is 0 Å². The first-order chi connectivity index (χ1) is 8.35. The van der Waals surface area contributed by atoms with E-state index in [0.717, 1.165) is 0 Å². The topological polar surface area (TPSA) is 94.9 Å². The second kappa shape index (κ2) is 6.98. The third-order valence-corrected chi connectivity index (χ3v) is 3.02. The number of carbonyl (C=O) groups excluding carboxylic acids is 1. The summed E-state index contributed by atoms with van der Waals surface area (Å²) in [6.45, 7) is 5.24. The molecule has 0 saturated heterocycles. The maximum atomic E-state index is 11.9. The lowest BCUT2D eigenvalue weighted by atomic mass is 9.89. The van der Waals surface area contributed by atoms with E-state index < -0.39 is 23.9 Å². The van der Waals surface area contributed by atoms with Crippen molar-refractivity contribution in [1.29, 1.82) is 0 Å². The molecule has 0 heterocycles. The van der Waals surface area contributed by atoms with Gasteiger partial charge in [0.25, 0.3) is 0 Å². The van der Waals surface area contributed by atoms with Gasteiger partial charge in [-0.05, 0) is 19.8 Å². The molecule has 18 heavy (non-hydrogen) atoms. The van der Waals surface area contributed by atoms with Gasteiger partial charge in [0.15, 0.2) is 5.54 Å². The molecule has 2 N–H and O–H groups in total. The summed E-state index contributed by atoms with van der Waals surface area (Å²) < 4.78 is 0. The summed E-state index contributed by atoms with van der Waals surface area (Å²) in [7, 11) is 0. The van der Waals surface area contributed by atoms with Gasteiger partial charge in [-0.3, -0.25) is 9.59 Å². The van der Waals surface area contributed by atoms with Crippen molar-refractivity contribution < 1.29 is 24.6 Å². The van der Waals surface area contributed by atoms with Gasteiger partial charge in [0.1, 0.15) is 0 Å². The number of carboxylic acids is 2. The minimum Gasteiger partial charge on any atom is -0.481 e. The van der Waals surface area contributed by atoms with Gasteiger partial charge in [0.2, 0.25) is 5.91 Å². The summed E-state index contributed by atoms with van der Waals surface area (Å²) in [5.41, 5.74) is -1.65. The molecule has 0 aromatic rings. The normalized spacial score (nSPS) is 13.7. The number of hydrogen-bond donors (Lipinski definition) is 2. The molecule has 0 aromatic carbocycles. The molecule has 0 rings (SSSR count). The molecule has 1 amide bonds.